The minimum absolute atomic E-state index is 0.199. The molecule has 0 atom stereocenters. The van der Waals surface area contributed by atoms with E-state index in [1.165, 1.54) is 12.5 Å². The van der Waals surface area contributed by atoms with Crippen LogP contribution in [0.1, 0.15) is 49.0 Å². The first-order chi connectivity index (χ1) is 14.0. The summed E-state index contributed by atoms with van der Waals surface area (Å²) < 4.78 is 14.4. The number of nitrogens with one attached hydrogen (secondary N) is 1. The Morgan fingerprint density at radius 3 is 2.59 bits per heavy atom. The van der Waals surface area contributed by atoms with Gasteiger partial charge in [0.2, 0.25) is 5.91 Å². The number of rotatable bonds is 6. The van der Waals surface area contributed by atoms with Crippen LogP contribution in [0.15, 0.2) is 24.3 Å². The maximum Gasteiger partial charge on any atom is 0.231 e. The standard InChI is InChI=1S/C23H31FN4O/c1-3-21-25-17(2)20(26-21)14-27-15-23(16-27,13-18-9-5-6-10-19(18)24)22(29)28-11-7-4-8-12-28/h5-6,9-10H,3-4,7-8,11-16H2,1-2H3,(H,25,26). The summed E-state index contributed by atoms with van der Waals surface area (Å²) >= 11 is 0. The highest BCUT2D eigenvalue weighted by molar-refractivity contribution is 5.85. The second-order valence-corrected chi connectivity index (χ2v) is 8.66. The average Bonchev–Trinajstić information content (AvgIpc) is 3.07. The van der Waals surface area contributed by atoms with Crippen LogP contribution < -0.4 is 0 Å². The molecule has 156 valence electrons. The van der Waals surface area contributed by atoms with E-state index in [9.17, 15) is 9.18 Å². The Morgan fingerprint density at radius 1 is 1.21 bits per heavy atom. The molecule has 2 aromatic rings. The predicted molar refractivity (Wildman–Crippen MR) is 111 cm³/mol. The normalized spacial score (nSPS) is 19.2. The van der Waals surface area contributed by atoms with Crippen LogP contribution in [0.3, 0.4) is 0 Å². The lowest BCUT2D eigenvalue weighted by molar-refractivity contribution is -0.155. The van der Waals surface area contributed by atoms with Crippen LogP contribution in [0, 0.1) is 18.2 Å². The van der Waals surface area contributed by atoms with E-state index in [1.807, 2.05) is 24.0 Å². The van der Waals surface area contributed by atoms with E-state index in [4.69, 9.17) is 0 Å². The monoisotopic (exact) mass is 398 g/mol. The third-order valence-corrected chi connectivity index (χ3v) is 6.38. The lowest BCUT2D eigenvalue weighted by atomic mass is 9.73. The van der Waals surface area contributed by atoms with Crippen molar-refractivity contribution < 1.29 is 9.18 Å². The smallest absolute Gasteiger partial charge is 0.231 e. The van der Waals surface area contributed by atoms with Crippen LogP contribution >= 0.6 is 0 Å². The minimum atomic E-state index is -0.530. The van der Waals surface area contributed by atoms with Crippen LogP contribution in [-0.2, 0) is 24.2 Å². The molecule has 3 heterocycles. The van der Waals surface area contributed by atoms with Crippen molar-refractivity contribution >= 4 is 5.91 Å². The molecule has 1 aromatic heterocycles. The Kier molecular flexibility index (Phi) is 5.72. The number of hydrogen-bond donors (Lipinski definition) is 1. The lowest BCUT2D eigenvalue weighted by Gasteiger charge is -2.51. The number of likely N-dealkylation sites (tertiary alicyclic amines) is 2. The first-order valence-corrected chi connectivity index (χ1v) is 10.8. The van der Waals surface area contributed by atoms with Crippen molar-refractivity contribution in [2.75, 3.05) is 26.2 Å². The van der Waals surface area contributed by atoms with Crippen LogP contribution in [0.5, 0.6) is 0 Å². The van der Waals surface area contributed by atoms with Crippen molar-refractivity contribution in [1.82, 2.24) is 19.8 Å². The fourth-order valence-electron chi connectivity index (χ4n) is 4.78. The quantitative estimate of drug-likeness (QED) is 0.811. The van der Waals surface area contributed by atoms with E-state index in [0.29, 0.717) is 25.1 Å². The number of aromatic nitrogens is 2. The van der Waals surface area contributed by atoms with Gasteiger partial charge in [0.1, 0.15) is 11.6 Å². The molecule has 5 nitrogen and oxygen atoms in total. The number of halogens is 1. The number of carbonyl (C=O) groups excluding carboxylic acids is 1. The molecular formula is C23H31FN4O. The number of carbonyl (C=O) groups is 1. The number of aryl methyl sites for hydroxylation is 2. The van der Waals surface area contributed by atoms with Crippen LogP contribution in [0.25, 0.3) is 0 Å². The first-order valence-electron chi connectivity index (χ1n) is 10.8. The molecule has 1 N–H and O–H groups in total. The number of amides is 1. The van der Waals surface area contributed by atoms with Gasteiger partial charge in [-0.05, 0) is 44.2 Å². The van der Waals surface area contributed by atoms with Gasteiger partial charge in [-0.25, -0.2) is 9.37 Å². The topological polar surface area (TPSA) is 52.2 Å². The lowest BCUT2D eigenvalue weighted by Crippen LogP contribution is -2.64. The largest absolute Gasteiger partial charge is 0.346 e. The zero-order chi connectivity index (χ0) is 20.4. The van der Waals surface area contributed by atoms with Crippen molar-refractivity contribution in [2.45, 2.75) is 52.5 Å². The maximum atomic E-state index is 14.4. The average molecular weight is 399 g/mol. The Balaban J connectivity index is 1.51. The van der Waals surface area contributed by atoms with Crippen molar-refractivity contribution in [3.63, 3.8) is 0 Å². The van der Waals surface area contributed by atoms with Gasteiger partial charge in [0.25, 0.3) is 0 Å². The molecule has 2 fully saturated rings. The summed E-state index contributed by atoms with van der Waals surface area (Å²) in [7, 11) is 0. The van der Waals surface area contributed by atoms with E-state index in [1.54, 1.807) is 6.07 Å². The fourth-order valence-corrected chi connectivity index (χ4v) is 4.78. The molecule has 1 amide bonds. The molecule has 0 unspecified atom stereocenters. The Morgan fingerprint density at radius 2 is 1.93 bits per heavy atom. The van der Waals surface area contributed by atoms with Crippen molar-refractivity contribution in [3.05, 3.63) is 52.9 Å². The first kappa shape index (κ1) is 20.1. The van der Waals surface area contributed by atoms with Crippen molar-refractivity contribution in [1.29, 1.82) is 0 Å². The third kappa shape index (κ3) is 4.08. The molecule has 1 aromatic carbocycles. The van der Waals surface area contributed by atoms with E-state index in [-0.39, 0.29) is 11.7 Å². The second-order valence-electron chi connectivity index (χ2n) is 8.66. The fraction of sp³-hybridized carbons (Fsp3) is 0.565. The Hall–Kier alpha value is -2.21. The summed E-state index contributed by atoms with van der Waals surface area (Å²) in [5.74, 6) is 0.984. The summed E-state index contributed by atoms with van der Waals surface area (Å²) in [6.45, 7) is 7.84. The Bertz CT molecular complexity index is 866. The molecule has 0 spiro atoms. The predicted octanol–water partition coefficient (Wildman–Crippen LogP) is 3.48. The summed E-state index contributed by atoms with van der Waals surface area (Å²) in [4.78, 5) is 25.8. The molecule has 2 saturated heterocycles. The zero-order valence-electron chi connectivity index (χ0n) is 17.5. The molecule has 6 heteroatoms. The number of benzene rings is 1. The highest BCUT2D eigenvalue weighted by Gasteiger charge is 2.51. The SMILES string of the molecule is CCc1nc(CN2CC(Cc3ccccc3F)(C(=O)N3CCCCC3)C2)c(C)[nH]1. The van der Waals surface area contributed by atoms with Gasteiger partial charge in [-0.15, -0.1) is 0 Å². The highest BCUT2D eigenvalue weighted by atomic mass is 19.1. The van der Waals surface area contributed by atoms with Gasteiger partial charge < -0.3 is 9.88 Å². The van der Waals surface area contributed by atoms with E-state index in [2.05, 4.69) is 21.8 Å². The zero-order valence-corrected chi connectivity index (χ0v) is 17.5. The van der Waals surface area contributed by atoms with E-state index >= 15 is 0 Å². The molecule has 2 aliphatic heterocycles. The maximum absolute atomic E-state index is 14.4. The summed E-state index contributed by atoms with van der Waals surface area (Å²) in [6, 6.07) is 6.86. The number of imidazole rings is 1. The molecule has 2 aliphatic rings. The number of aromatic amines is 1. The highest BCUT2D eigenvalue weighted by Crippen LogP contribution is 2.38. The summed E-state index contributed by atoms with van der Waals surface area (Å²) in [5, 5.41) is 0. The van der Waals surface area contributed by atoms with Gasteiger partial charge >= 0.3 is 0 Å². The van der Waals surface area contributed by atoms with Crippen molar-refractivity contribution in [3.8, 4) is 0 Å². The molecule has 4 rings (SSSR count). The second kappa shape index (κ2) is 8.27. The van der Waals surface area contributed by atoms with Crippen molar-refractivity contribution in [2.24, 2.45) is 5.41 Å². The molecule has 29 heavy (non-hydrogen) atoms. The summed E-state index contributed by atoms with van der Waals surface area (Å²) in [6.07, 6.45) is 4.67. The van der Waals surface area contributed by atoms with Crippen LogP contribution in [0.2, 0.25) is 0 Å². The van der Waals surface area contributed by atoms with Gasteiger partial charge in [0.15, 0.2) is 0 Å². The molecular weight excluding hydrogens is 367 g/mol. The minimum Gasteiger partial charge on any atom is -0.346 e. The molecule has 0 radical (unpaired) electrons. The molecule has 0 aliphatic carbocycles. The molecule has 0 saturated carbocycles. The van der Waals surface area contributed by atoms with E-state index < -0.39 is 5.41 Å². The number of H-pyrrole nitrogens is 1. The number of hydrogen-bond acceptors (Lipinski definition) is 3. The van der Waals surface area contributed by atoms with Crippen LogP contribution in [0.4, 0.5) is 4.39 Å². The van der Waals surface area contributed by atoms with Gasteiger partial charge in [0.05, 0.1) is 11.1 Å². The van der Waals surface area contributed by atoms with E-state index in [0.717, 1.165) is 56.1 Å². The van der Waals surface area contributed by atoms with Gasteiger partial charge in [-0.1, -0.05) is 25.1 Å². The summed E-state index contributed by atoms with van der Waals surface area (Å²) in [5.41, 5.74) is 2.25. The van der Waals surface area contributed by atoms with Crippen LogP contribution in [-0.4, -0.2) is 51.9 Å². The van der Waals surface area contributed by atoms with Gasteiger partial charge in [0, 0.05) is 44.8 Å². The van der Waals surface area contributed by atoms with Gasteiger partial charge in [-0.2, -0.15) is 0 Å². The molecule has 0 bridgehead atoms. The Labute approximate surface area is 172 Å². The van der Waals surface area contributed by atoms with Gasteiger partial charge in [-0.3, -0.25) is 9.69 Å². The number of nitrogens with zero attached hydrogens (tertiary/aromatic N) is 3. The third-order valence-electron chi connectivity index (χ3n) is 6.38. The number of piperidine rings is 1.